The largest absolute Gasteiger partial charge is 0.490 e. The van der Waals surface area contributed by atoms with Gasteiger partial charge in [-0.25, -0.2) is 9.78 Å². The lowest BCUT2D eigenvalue weighted by atomic mass is 9.90. The number of primary amides is 1. The summed E-state index contributed by atoms with van der Waals surface area (Å²) >= 11 is 1.26. The number of carbonyl (C=O) groups is 3. The number of amides is 3. The summed E-state index contributed by atoms with van der Waals surface area (Å²) < 4.78 is 11.0. The van der Waals surface area contributed by atoms with Crippen LogP contribution in [0.4, 0.5) is 9.93 Å². The molecule has 1 aliphatic rings. The second kappa shape index (κ2) is 9.94. The Balaban J connectivity index is 1.52. The van der Waals surface area contributed by atoms with Crippen molar-refractivity contribution in [1.82, 2.24) is 14.9 Å². The Morgan fingerprint density at radius 1 is 1.31 bits per heavy atom. The SMILES string of the molecule is CCOC(=O)C(C)(C)c1csc(NC(=O)N2CCC(Oc3ccnc(C(N)=O)c3)CC2)n1. The van der Waals surface area contributed by atoms with Crippen molar-refractivity contribution in [3.63, 3.8) is 0 Å². The molecule has 0 saturated carbocycles. The minimum atomic E-state index is -0.896. The number of anilines is 1. The van der Waals surface area contributed by atoms with Crippen molar-refractivity contribution in [1.29, 1.82) is 0 Å². The fourth-order valence-corrected chi connectivity index (χ4v) is 4.06. The summed E-state index contributed by atoms with van der Waals surface area (Å²) in [5.74, 6) is -0.448. The molecule has 0 bridgehead atoms. The molecule has 1 aliphatic heterocycles. The first-order chi connectivity index (χ1) is 15.2. The van der Waals surface area contributed by atoms with Crippen LogP contribution in [0.5, 0.6) is 5.75 Å². The van der Waals surface area contributed by atoms with Gasteiger partial charge in [-0.05, 0) is 26.8 Å². The van der Waals surface area contributed by atoms with E-state index in [0.717, 1.165) is 0 Å². The van der Waals surface area contributed by atoms with E-state index in [1.165, 1.54) is 23.6 Å². The van der Waals surface area contributed by atoms with E-state index in [1.54, 1.807) is 37.1 Å². The van der Waals surface area contributed by atoms with E-state index < -0.39 is 11.3 Å². The molecule has 10 nitrogen and oxygen atoms in total. The smallest absolute Gasteiger partial charge is 0.323 e. The highest BCUT2D eigenvalue weighted by Gasteiger charge is 2.34. The topological polar surface area (TPSA) is 137 Å². The molecular weight excluding hydrogens is 434 g/mol. The molecule has 0 atom stereocenters. The van der Waals surface area contributed by atoms with E-state index in [1.807, 2.05) is 0 Å². The Labute approximate surface area is 190 Å². The molecular formula is C21H27N5O5S. The molecule has 0 unspecified atom stereocenters. The third-order valence-electron chi connectivity index (χ3n) is 5.16. The minimum absolute atomic E-state index is 0.0842. The van der Waals surface area contributed by atoms with Crippen molar-refractivity contribution in [2.24, 2.45) is 5.73 Å². The number of aromatic nitrogens is 2. The van der Waals surface area contributed by atoms with Crippen LogP contribution in [0, 0.1) is 0 Å². The van der Waals surface area contributed by atoms with Crippen molar-refractivity contribution >= 4 is 34.4 Å². The van der Waals surface area contributed by atoms with E-state index in [4.69, 9.17) is 15.2 Å². The second-order valence-corrected chi connectivity index (χ2v) is 8.72. The number of likely N-dealkylation sites (tertiary alicyclic amines) is 1. The highest BCUT2D eigenvalue weighted by molar-refractivity contribution is 7.14. The van der Waals surface area contributed by atoms with Gasteiger partial charge in [-0.3, -0.25) is 19.9 Å². The van der Waals surface area contributed by atoms with Crippen molar-refractivity contribution < 1.29 is 23.9 Å². The molecule has 3 rings (SSSR count). The highest BCUT2D eigenvalue weighted by Crippen LogP contribution is 2.29. The predicted octanol–water partition coefficient (Wildman–Crippen LogP) is 2.55. The number of nitrogens with one attached hydrogen (secondary N) is 1. The lowest BCUT2D eigenvalue weighted by molar-refractivity contribution is -0.148. The van der Waals surface area contributed by atoms with E-state index in [9.17, 15) is 14.4 Å². The molecule has 172 valence electrons. The van der Waals surface area contributed by atoms with Gasteiger partial charge in [0.2, 0.25) is 0 Å². The van der Waals surface area contributed by atoms with Crippen molar-refractivity contribution in [2.75, 3.05) is 25.0 Å². The van der Waals surface area contributed by atoms with Gasteiger partial charge < -0.3 is 20.1 Å². The van der Waals surface area contributed by atoms with Gasteiger partial charge in [0.15, 0.2) is 5.13 Å². The van der Waals surface area contributed by atoms with Crippen LogP contribution in [-0.2, 0) is 14.9 Å². The van der Waals surface area contributed by atoms with Crippen LogP contribution in [-0.4, -0.2) is 58.6 Å². The standard InChI is InChI=1S/C21H27N5O5S/c1-4-30-18(28)21(2,3)16-12-32-19(24-16)25-20(29)26-9-6-13(7-10-26)31-14-5-8-23-15(11-14)17(22)27/h5,8,11-13H,4,6-7,9-10H2,1-3H3,(H2,22,27)(H,24,25,29). The summed E-state index contributed by atoms with van der Waals surface area (Å²) in [6.45, 7) is 6.55. The first-order valence-electron chi connectivity index (χ1n) is 10.3. The number of urea groups is 1. The predicted molar refractivity (Wildman–Crippen MR) is 119 cm³/mol. The molecule has 1 fully saturated rings. The maximum Gasteiger partial charge on any atom is 0.323 e. The van der Waals surface area contributed by atoms with Crippen LogP contribution >= 0.6 is 11.3 Å². The fraction of sp³-hybridized carbons (Fsp3) is 0.476. The number of thiazole rings is 1. The minimum Gasteiger partial charge on any atom is -0.490 e. The summed E-state index contributed by atoms with van der Waals surface area (Å²) in [7, 11) is 0. The first kappa shape index (κ1) is 23.5. The van der Waals surface area contributed by atoms with Crippen LogP contribution in [0.3, 0.4) is 0 Å². The number of pyridine rings is 1. The molecule has 1 saturated heterocycles. The quantitative estimate of drug-likeness (QED) is 0.605. The van der Waals surface area contributed by atoms with E-state index >= 15 is 0 Å². The van der Waals surface area contributed by atoms with Gasteiger partial charge >= 0.3 is 12.0 Å². The van der Waals surface area contributed by atoms with Gasteiger partial charge in [-0.2, -0.15) is 0 Å². The number of esters is 1. The molecule has 0 radical (unpaired) electrons. The van der Waals surface area contributed by atoms with E-state index in [0.29, 0.717) is 49.1 Å². The summed E-state index contributed by atoms with van der Waals surface area (Å²) in [5, 5.41) is 4.98. The third-order valence-corrected chi connectivity index (χ3v) is 5.92. The number of hydrogen-bond acceptors (Lipinski definition) is 8. The van der Waals surface area contributed by atoms with Gasteiger partial charge in [0.1, 0.15) is 23.0 Å². The molecule has 0 spiro atoms. The molecule has 2 aromatic heterocycles. The van der Waals surface area contributed by atoms with Crippen LogP contribution in [0.25, 0.3) is 0 Å². The Kier molecular flexibility index (Phi) is 7.29. The van der Waals surface area contributed by atoms with Crippen molar-refractivity contribution in [3.8, 4) is 5.75 Å². The summed E-state index contributed by atoms with van der Waals surface area (Å²) in [6.07, 6.45) is 2.67. The summed E-state index contributed by atoms with van der Waals surface area (Å²) in [5.41, 5.74) is 5.05. The zero-order valence-corrected chi connectivity index (χ0v) is 19.1. The molecule has 0 aliphatic carbocycles. The highest BCUT2D eigenvalue weighted by atomic mass is 32.1. The Morgan fingerprint density at radius 3 is 2.69 bits per heavy atom. The second-order valence-electron chi connectivity index (χ2n) is 7.86. The number of ether oxygens (including phenoxy) is 2. The van der Waals surface area contributed by atoms with Crippen molar-refractivity contribution in [2.45, 2.75) is 45.1 Å². The average Bonchev–Trinajstić information content (AvgIpc) is 3.24. The van der Waals surface area contributed by atoms with Crippen LogP contribution in [0.2, 0.25) is 0 Å². The lowest BCUT2D eigenvalue weighted by Crippen LogP contribution is -2.43. The van der Waals surface area contributed by atoms with Crippen LogP contribution < -0.4 is 15.8 Å². The zero-order chi connectivity index (χ0) is 23.3. The molecule has 0 aromatic carbocycles. The van der Waals surface area contributed by atoms with Gasteiger partial charge in [-0.15, -0.1) is 11.3 Å². The number of nitrogens with zero attached hydrogens (tertiary/aromatic N) is 3. The average molecular weight is 462 g/mol. The monoisotopic (exact) mass is 461 g/mol. The first-order valence-corrected chi connectivity index (χ1v) is 11.2. The van der Waals surface area contributed by atoms with E-state index in [2.05, 4.69) is 15.3 Å². The van der Waals surface area contributed by atoms with Gasteiger partial charge in [0, 0.05) is 43.6 Å². The molecule has 3 N–H and O–H groups in total. The summed E-state index contributed by atoms with van der Waals surface area (Å²) in [6, 6.07) is 2.93. The van der Waals surface area contributed by atoms with Crippen LogP contribution in [0.1, 0.15) is 49.8 Å². The number of hydrogen-bond donors (Lipinski definition) is 2. The maximum atomic E-state index is 12.6. The lowest BCUT2D eigenvalue weighted by Gasteiger charge is -2.32. The Bertz CT molecular complexity index is 984. The van der Waals surface area contributed by atoms with Gasteiger partial charge in [0.05, 0.1) is 12.3 Å². The van der Waals surface area contributed by atoms with Gasteiger partial charge in [0.25, 0.3) is 5.91 Å². The normalized spacial score (nSPS) is 14.7. The van der Waals surface area contributed by atoms with E-state index in [-0.39, 0.29) is 23.8 Å². The Morgan fingerprint density at radius 2 is 2.03 bits per heavy atom. The van der Waals surface area contributed by atoms with Crippen LogP contribution in [0.15, 0.2) is 23.7 Å². The van der Waals surface area contributed by atoms with Gasteiger partial charge in [-0.1, -0.05) is 0 Å². The molecule has 3 heterocycles. The van der Waals surface area contributed by atoms with Crippen molar-refractivity contribution in [3.05, 3.63) is 35.1 Å². The number of rotatable bonds is 7. The maximum absolute atomic E-state index is 12.6. The molecule has 3 amide bonds. The number of piperidine rings is 1. The molecule has 2 aromatic rings. The molecule has 32 heavy (non-hydrogen) atoms. The number of nitrogens with two attached hydrogens (primary N) is 1. The third kappa shape index (κ3) is 5.52. The Hall–Kier alpha value is -3.21. The summed E-state index contributed by atoms with van der Waals surface area (Å²) in [4.78, 5) is 46.1. The number of carbonyl (C=O) groups excluding carboxylic acids is 3. The molecule has 11 heteroatoms. The fourth-order valence-electron chi connectivity index (χ4n) is 3.19. The zero-order valence-electron chi connectivity index (χ0n) is 18.3.